The van der Waals surface area contributed by atoms with Gasteiger partial charge in [-0.25, -0.2) is 0 Å². The number of nitrogens with one attached hydrogen (secondary N) is 1. The molecule has 1 amide bonds. The van der Waals surface area contributed by atoms with E-state index in [-0.39, 0.29) is 5.91 Å². The van der Waals surface area contributed by atoms with Crippen molar-refractivity contribution in [1.82, 2.24) is 9.88 Å². The maximum Gasteiger partial charge on any atom is 0.226 e. The standard InChI is InChI=1S/C16H20N2O/c1-12-3-2-8-18(11-12)16(19)10-13-4-5-14-6-7-17-15(14)9-13/h4-7,9,12,17H,2-3,8,10-11H2,1H3. The van der Waals surface area contributed by atoms with E-state index < -0.39 is 0 Å². The minimum Gasteiger partial charge on any atom is -0.361 e. The molecule has 0 radical (unpaired) electrons. The fraction of sp³-hybridized carbons (Fsp3) is 0.438. The van der Waals surface area contributed by atoms with E-state index in [0.29, 0.717) is 12.3 Å². The third kappa shape index (κ3) is 2.65. The first-order chi connectivity index (χ1) is 9.22. The van der Waals surface area contributed by atoms with Gasteiger partial charge in [-0.2, -0.15) is 0 Å². The number of H-pyrrole nitrogens is 1. The molecule has 3 nitrogen and oxygen atoms in total. The predicted octanol–water partition coefficient (Wildman–Crippen LogP) is 2.97. The van der Waals surface area contributed by atoms with Gasteiger partial charge in [-0.1, -0.05) is 19.1 Å². The van der Waals surface area contributed by atoms with Gasteiger partial charge in [0.1, 0.15) is 0 Å². The summed E-state index contributed by atoms with van der Waals surface area (Å²) >= 11 is 0. The number of carbonyl (C=O) groups is 1. The quantitative estimate of drug-likeness (QED) is 0.881. The van der Waals surface area contributed by atoms with E-state index >= 15 is 0 Å². The molecule has 1 unspecified atom stereocenters. The second-order valence-electron chi connectivity index (χ2n) is 5.66. The van der Waals surface area contributed by atoms with Gasteiger partial charge >= 0.3 is 0 Å². The molecule has 1 aliphatic heterocycles. The molecule has 3 rings (SSSR count). The molecule has 1 aliphatic rings. The van der Waals surface area contributed by atoms with E-state index in [1.807, 2.05) is 17.2 Å². The van der Waals surface area contributed by atoms with Crippen LogP contribution in [-0.4, -0.2) is 28.9 Å². The molecule has 19 heavy (non-hydrogen) atoms. The van der Waals surface area contributed by atoms with E-state index in [1.165, 1.54) is 11.8 Å². The Morgan fingerprint density at radius 3 is 3.16 bits per heavy atom. The molecule has 2 heterocycles. The highest BCUT2D eigenvalue weighted by Gasteiger charge is 2.20. The number of hydrogen-bond donors (Lipinski definition) is 1. The molecule has 1 aromatic heterocycles. The van der Waals surface area contributed by atoms with E-state index in [9.17, 15) is 4.79 Å². The summed E-state index contributed by atoms with van der Waals surface area (Å²) in [5.41, 5.74) is 2.20. The summed E-state index contributed by atoms with van der Waals surface area (Å²) in [4.78, 5) is 17.5. The molecule has 1 saturated heterocycles. The Hall–Kier alpha value is -1.77. The van der Waals surface area contributed by atoms with Gasteiger partial charge in [-0.3, -0.25) is 4.79 Å². The van der Waals surface area contributed by atoms with Gasteiger partial charge < -0.3 is 9.88 Å². The molecule has 0 spiro atoms. The number of fused-ring (bicyclic) bond motifs is 1. The number of carbonyl (C=O) groups excluding carboxylic acids is 1. The maximum atomic E-state index is 12.3. The lowest BCUT2D eigenvalue weighted by molar-refractivity contribution is -0.132. The van der Waals surface area contributed by atoms with E-state index in [1.54, 1.807) is 0 Å². The van der Waals surface area contributed by atoms with Gasteiger partial charge in [0.25, 0.3) is 0 Å². The van der Waals surface area contributed by atoms with Crippen LogP contribution in [-0.2, 0) is 11.2 Å². The summed E-state index contributed by atoms with van der Waals surface area (Å²) in [6.45, 7) is 4.07. The minimum absolute atomic E-state index is 0.262. The molecule has 0 saturated carbocycles. The summed E-state index contributed by atoms with van der Waals surface area (Å²) in [7, 11) is 0. The number of hydrogen-bond acceptors (Lipinski definition) is 1. The number of benzene rings is 1. The Balaban J connectivity index is 1.71. The number of rotatable bonds is 2. The van der Waals surface area contributed by atoms with Crippen molar-refractivity contribution in [3.05, 3.63) is 36.0 Å². The zero-order valence-corrected chi connectivity index (χ0v) is 11.4. The Morgan fingerprint density at radius 1 is 1.42 bits per heavy atom. The normalized spacial score (nSPS) is 19.8. The Morgan fingerprint density at radius 2 is 2.32 bits per heavy atom. The van der Waals surface area contributed by atoms with Crippen molar-refractivity contribution in [2.45, 2.75) is 26.2 Å². The first kappa shape index (κ1) is 12.3. The number of aromatic nitrogens is 1. The fourth-order valence-corrected chi connectivity index (χ4v) is 2.91. The lowest BCUT2D eigenvalue weighted by Crippen LogP contribution is -2.39. The van der Waals surface area contributed by atoms with Crippen LogP contribution < -0.4 is 0 Å². The average molecular weight is 256 g/mol. The van der Waals surface area contributed by atoms with Crippen LogP contribution in [0, 0.1) is 5.92 Å². The molecule has 3 heteroatoms. The van der Waals surface area contributed by atoms with Gasteiger partial charge in [0, 0.05) is 24.8 Å². The van der Waals surface area contributed by atoms with Crippen molar-refractivity contribution in [1.29, 1.82) is 0 Å². The molecule has 1 fully saturated rings. The van der Waals surface area contributed by atoms with Crippen molar-refractivity contribution in [2.75, 3.05) is 13.1 Å². The Kier molecular flexibility index (Phi) is 3.28. The van der Waals surface area contributed by atoms with E-state index in [4.69, 9.17) is 0 Å². The van der Waals surface area contributed by atoms with Crippen molar-refractivity contribution in [3.8, 4) is 0 Å². The smallest absolute Gasteiger partial charge is 0.226 e. The van der Waals surface area contributed by atoms with Crippen molar-refractivity contribution in [2.24, 2.45) is 5.92 Å². The molecular weight excluding hydrogens is 236 g/mol. The van der Waals surface area contributed by atoms with Crippen LogP contribution in [0.1, 0.15) is 25.3 Å². The molecule has 1 aromatic carbocycles. The topological polar surface area (TPSA) is 36.1 Å². The number of nitrogens with zero attached hydrogens (tertiary/aromatic N) is 1. The number of amides is 1. The molecule has 2 aromatic rings. The largest absolute Gasteiger partial charge is 0.361 e. The Bertz CT molecular complexity index is 587. The lowest BCUT2D eigenvalue weighted by atomic mass is 9.99. The summed E-state index contributed by atoms with van der Waals surface area (Å²) < 4.78 is 0. The first-order valence-corrected chi connectivity index (χ1v) is 7.06. The highest BCUT2D eigenvalue weighted by Crippen LogP contribution is 2.18. The van der Waals surface area contributed by atoms with Crippen LogP contribution >= 0.6 is 0 Å². The Labute approximate surface area is 113 Å². The van der Waals surface area contributed by atoms with Crippen LogP contribution in [0.2, 0.25) is 0 Å². The van der Waals surface area contributed by atoms with E-state index in [2.05, 4.69) is 30.1 Å². The predicted molar refractivity (Wildman–Crippen MR) is 77.0 cm³/mol. The van der Waals surface area contributed by atoms with Crippen molar-refractivity contribution >= 4 is 16.8 Å². The molecular formula is C16H20N2O. The first-order valence-electron chi connectivity index (χ1n) is 7.06. The summed E-state index contributed by atoms with van der Waals surface area (Å²) in [5.74, 6) is 0.904. The molecule has 1 atom stereocenters. The highest BCUT2D eigenvalue weighted by molar-refractivity contribution is 5.83. The molecule has 100 valence electrons. The third-order valence-electron chi connectivity index (χ3n) is 3.98. The number of likely N-dealkylation sites (tertiary alicyclic amines) is 1. The highest BCUT2D eigenvalue weighted by atomic mass is 16.2. The van der Waals surface area contributed by atoms with Crippen molar-refractivity contribution < 1.29 is 4.79 Å². The van der Waals surface area contributed by atoms with E-state index in [0.717, 1.165) is 30.6 Å². The van der Waals surface area contributed by atoms with Crippen LogP contribution in [0.5, 0.6) is 0 Å². The van der Waals surface area contributed by atoms with Crippen LogP contribution in [0.15, 0.2) is 30.5 Å². The van der Waals surface area contributed by atoms with Crippen molar-refractivity contribution in [3.63, 3.8) is 0 Å². The molecule has 1 N–H and O–H groups in total. The second kappa shape index (κ2) is 5.08. The van der Waals surface area contributed by atoms with Gasteiger partial charge in [0.2, 0.25) is 5.91 Å². The molecule has 0 aliphatic carbocycles. The summed E-state index contributed by atoms with van der Waals surface area (Å²) in [6.07, 6.45) is 4.84. The third-order valence-corrected chi connectivity index (χ3v) is 3.98. The fourth-order valence-electron chi connectivity index (χ4n) is 2.91. The number of aromatic amines is 1. The van der Waals surface area contributed by atoms with Crippen LogP contribution in [0.25, 0.3) is 10.9 Å². The van der Waals surface area contributed by atoms with Crippen LogP contribution in [0.3, 0.4) is 0 Å². The minimum atomic E-state index is 0.262. The SMILES string of the molecule is CC1CCCN(C(=O)Cc2ccc3cc[nH]c3c2)C1. The maximum absolute atomic E-state index is 12.3. The zero-order chi connectivity index (χ0) is 13.2. The number of piperidine rings is 1. The second-order valence-corrected chi connectivity index (χ2v) is 5.66. The van der Waals surface area contributed by atoms with Gasteiger partial charge in [0.05, 0.1) is 6.42 Å². The summed E-state index contributed by atoms with van der Waals surface area (Å²) in [5, 5.41) is 1.20. The summed E-state index contributed by atoms with van der Waals surface area (Å²) in [6, 6.07) is 8.27. The average Bonchev–Trinajstić information content (AvgIpc) is 2.86. The van der Waals surface area contributed by atoms with Crippen LogP contribution in [0.4, 0.5) is 0 Å². The monoisotopic (exact) mass is 256 g/mol. The lowest BCUT2D eigenvalue weighted by Gasteiger charge is -2.31. The van der Waals surface area contributed by atoms with Gasteiger partial charge in [0.15, 0.2) is 0 Å². The van der Waals surface area contributed by atoms with Gasteiger partial charge in [-0.05, 0) is 41.8 Å². The molecule has 0 bridgehead atoms. The van der Waals surface area contributed by atoms with Gasteiger partial charge in [-0.15, -0.1) is 0 Å². The zero-order valence-electron chi connectivity index (χ0n) is 11.4.